The Bertz CT molecular complexity index is 393. The Morgan fingerprint density at radius 2 is 1.89 bits per heavy atom. The molecule has 108 valence electrons. The standard InChI is InChI=1S/C15H26N2O2/c1-6-15(7-8-15)9-17-10(2)12(18)16-11(13(17)19)14(3,4)5/h10-11H,6-9H2,1-5H3,(H,16,18). The predicted molar refractivity (Wildman–Crippen MR) is 74.5 cm³/mol. The minimum atomic E-state index is -0.399. The number of carbonyl (C=O) groups excluding carboxylic acids is 2. The molecule has 1 saturated carbocycles. The number of piperazine rings is 1. The topological polar surface area (TPSA) is 49.4 Å². The summed E-state index contributed by atoms with van der Waals surface area (Å²) in [6.45, 7) is 10.7. The van der Waals surface area contributed by atoms with Crippen molar-refractivity contribution in [1.29, 1.82) is 0 Å². The van der Waals surface area contributed by atoms with Crippen LogP contribution in [0, 0.1) is 10.8 Å². The molecule has 2 atom stereocenters. The maximum absolute atomic E-state index is 12.7. The van der Waals surface area contributed by atoms with Crippen molar-refractivity contribution in [2.24, 2.45) is 10.8 Å². The third kappa shape index (κ3) is 2.63. The van der Waals surface area contributed by atoms with E-state index in [2.05, 4.69) is 12.2 Å². The van der Waals surface area contributed by atoms with Gasteiger partial charge in [0.05, 0.1) is 0 Å². The lowest BCUT2D eigenvalue weighted by atomic mass is 9.83. The summed E-state index contributed by atoms with van der Waals surface area (Å²) in [6, 6.07) is -0.737. The van der Waals surface area contributed by atoms with Crippen molar-refractivity contribution in [3.8, 4) is 0 Å². The van der Waals surface area contributed by atoms with Gasteiger partial charge in [-0.2, -0.15) is 0 Å². The van der Waals surface area contributed by atoms with Gasteiger partial charge in [-0.1, -0.05) is 27.7 Å². The Balaban J connectivity index is 2.19. The van der Waals surface area contributed by atoms with Crippen LogP contribution in [0.5, 0.6) is 0 Å². The summed E-state index contributed by atoms with van der Waals surface area (Å²) in [5.41, 5.74) is 0.0397. The van der Waals surface area contributed by atoms with E-state index in [-0.39, 0.29) is 28.7 Å². The molecule has 1 N–H and O–H groups in total. The Labute approximate surface area is 115 Å². The molecule has 2 unspecified atom stereocenters. The summed E-state index contributed by atoms with van der Waals surface area (Å²) in [5.74, 6) is 0.0609. The van der Waals surface area contributed by atoms with E-state index in [0.717, 1.165) is 13.0 Å². The van der Waals surface area contributed by atoms with Gasteiger partial charge in [-0.3, -0.25) is 9.59 Å². The first-order valence-electron chi connectivity index (χ1n) is 7.31. The van der Waals surface area contributed by atoms with Gasteiger partial charge < -0.3 is 10.2 Å². The van der Waals surface area contributed by atoms with Gasteiger partial charge in [-0.05, 0) is 37.0 Å². The molecule has 1 saturated heterocycles. The van der Waals surface area contributed by atoms with Gasteiger partial charge in [0.2, 0.25) is 11.8 Å². The molecule has 0 aromatic rings. The molecular formula is C15H26N2O2. The van der Waals surface area contributed by atoms with Crippen molar-refractivity contribution >= 4 is 11.8 Å². The largest absolute Gasteiger partial charge is 0.342 e. The Hall–Kier alpha value is -1.06. The van der Waals surface area contributed by atoms with Crippen LogP contribution in [0.3, 0.4) is 0 Å². The van der Waals surface area contributed by atoms with Gasteiger partial charge in [-0.25, -0.2) is 0 Å². The molecule has 2 aliphatic rings. The molecule has 4 nitrogen and oxygen atoms in total. The lowest BCUT2D eigenvalue weighted by Crippen LogP contribution is -2.66. The molecule has 0 radical (unpaired) electrons. The number of carbonyl (C=O) groups is 2. The van der Waals surface area contributed by atoms with Crippen LogP contribution < -0.4 is 5.32 Å². The van der Waals surface area contributed by atoms with Crippen molar-refractivity contribution in [2.45, 2.75) is 66.0 Å². The van der Waals surface area contributed by atoms with E-state index < -0.39 is 6.04 Å². The first kappa shape index (κ1) is 14.4. The van der Waals surface area contributed by atoms with Crippen LogP contribution in [0.2, 0.25) is 0 Å². The van der Waals surface area contributed by atoms with E-state index in [4.69, 9.17) is 0 Å². The number of hydrogen-bond acceptors (Lipinski definition) is 2. The molecule has 0 aromatic carbocycles. The second-order valence-corrected chi connectivity index (χ2v) is 7.30. The summed E-state index contributed by atoms with van der Waals surface area (Å²) < 4.78 is 0. The zero-order valence-electron chi connectivity index (χ0n) is 12.7. The monoisotopic (exact) mass is 266 g/mol. The molecule has 2 rings (SSSR count). The molecule has 2 amide bonds. The Morgan fingerprint density at radius 3 is 2.32 bits per heavy atom. The van der Waals surface area contributed by atoms with Gasteiger partial charge in [-0.15, -0.1) is 0 Å². The maximum Gasteiger partial charge on any atom is 0.246 e. The molecule has 0 spiro atoms. The first-order valence-corrected chi connectivity index (χ1v) is 7.31. The van der Waals surface area contributed by atoms with E-state index in [1.807, 2.05) is 32.6 Å². The van der Waals surface area contributed by atoms with E-state index in [1.54, 1.807) is 0 Å². The van der Waals surface area contributed by atoms with Crippen LogP contribution in [0.1, 0.15) is 53.9 Å². The average Bonchev–Trinajstić information content (AvgIpc) is 3.08. The van der Waals surface area contributed by atoms with Crippen molar-refractivity contribution in [1.82, 2.24) is 10.2 Å². The highest BCUT2D eigenvalue weighted by molar-refractivity contribution is 5.97. The van der Waals surface area contributed by atoms with Gasteiger partial charge in [0.1, 0.15) is 12.1 Å². The number of amides is 2. The Kier molecular flexibility index (Phi) is 3.40. The summed E-state index contributed by atoms with van der Waals surface area (Å²) in [5, 5.41) is 2.88. The zero-order chi connectivity index (χ0) is 14.4. The summed E-state index contributed by atoms with van der Waals surface area (Å²) in [6.07, 6.45) is 3.45. The van der Waals surface area contributed by atoms with Crippen LogP contribution in [0.25, 0.3) is 0 Å². The van der Waals surface area contributed by atoms with Gasteiger partial charge in [0.25, 0.3) is 0 Å². The SMILES string of the molecule is CCC1(CN2C(=O)C(C(C)(C)C)NC(=O)C2C)CC1. The van der Waals surface area contributed by atoms with Crippen LogP contribution in [-0.4, -0.2) is 35.3 Å². The average molecular weight is 266 g/mol. The number of hydrogen-bond donors (Lipinski definition) is 1. The third-order valence-electron chi connectivity index (χ3n) is 4.74. The molecule has 0 bridgehead atoms. The normalized spacial score (nSPS) is 30.3. The van der Waals surface area contributed by atoms with E-state index in [9.17, 15) is 9.59 Å². The fourth-order valence-electron chi connectivity index (χ4n) is 2.79. The van der Waals surface area contributed by atoms with Crippen molar-refractivity contribution in [3.63, 3.8) is 0 Å². The Morgan fingerprint density at radius 1 is 1.32 bits per heavy atom. The minimum absolute atomic E-state index is 0.0218. The van der Waals surface area contributed by atoms with Gasteiger partial charge in [0, 0.05) is 6.54 Å². The molecule has 2 fully saturated rings. The van der Waals surface area contributed by atoms with E-state index >= 15 is 0 Å². The highest BCUT2D eigenvalue weighted by atomic mass is 16.2. The van der Waals surface area contributed by atoms with Crippen molar-refractivity contribution < 1.29 is 9.59 Å². The first-order chi connectivity index (χ1) is 8.70. The van der Waals surface area contributed by atoms with Gasteiger partial charge >= 0.3 is 0 Å². The molecule has 4 heteroatoms. The molecule has 1 aliphatic carbocycles. The van der Waals surface area contributed by atoms with Crippen LogP contribution in [0.4, 0.5) is 0 Å². The smallest absolute Gasteiger partial charge is 0.246 e. The third-order valence-corrected chi connectivity index (χ3v) is 4.74. The quantitative estimate of drug-likeness (QED) is 0.848. The number of nitrogens with one attached hydrogen (secondary N) is 1. The van der Waals surface area contributed by atoms with Crippen LogP contribution in [-0.2, 0) is 9.59 Å². The second-order valence-electron chi connectivity index (χ2n) is 7.30. The minimum Gasteiger partial charge on any atom is -0.342 e. The lowest BCUT2D eigenvalue weighted by molar-refractivity contribution is -0.152. The molecular weight excluding hydrogens is 240 g/mol. The zero-order valence-corrected chi connectivity index (χ0v) is 12.7. The summed E-state index contributed by atoms with van der Waals surface area (Å²) in [7, 11) is 0. The van der Waals surface area contributed by atoms with Crippen molar-refractivity contribution in [2.75, 3.05) is 6.54 Å². The number of rotatable bonds is 3. The van der Waals surface area contributed by atoms with Crippen LogP contribution in [0.15, 0.2) is 0 Å². The molecule has 1 aliphatic heterocycles. The second kappa shape index (κ2) is 4.50. The predicted octanol–water partition coefficient (Wildman–Crippen LogP) is 1.94. The van der Waals surface area contributed by atoms with E-state index in [1.165, 1.54) is 12.8 Å². The fraction of sp³-hybridized carbons (Fsp3) is 0.867. The van der Waals surface area contributed by atoms with Crippen LogP contribution >= 0.6 is 0 Å². The number of nitrogens with zero attached hydrogens (tertiary/aromatic N) is 1. The fourth-order valence-corrected chi connectivity index (χ4v) is 2.79. The molecule has 19 heavy (non-hydrogen) atoms. The molecule has 1 heterocycles. The summed E-state index contributed by atoms with van der Waals surface area (Å²) >= 11 is 0. The highest BCUT2D eigenvalue weighted by Crippen LogP contribution is 2.49. The van der Waals surface area contributed by atoms with Gasteiger partial charge in [0.15, 0.2) is 0 Å². The highest BCUT2D eigenvalue weighted by Gasteiger charge is 2.49. The van der Waals surface area contributed by atoms with Crippen molar-refractivity contribution in [3.05, 3.63) is 0 Å². The lowest BCUT2D eigenvalue weighted by Gasteiger charge is -2.43. The summed E-state index contributed by atoms with van der Waals surface area (Å²) in [4.78, 5) is 26.6. The van der Waals surface area contributed by atoms with E-state index in [0.29, 0.717) is 0 Å². The molecule has 0 aromatic heterocycles. The maximum atomic E-state index is 12.7.